The number of carbonyl (C=O) groups is 1. The van der Waals surface area contributed by atoms with Gasteiger partial charge in [0.15, 0.2) is 0 Å². The lowest BCUT2D eigenvalue weighted by Crippen LogP contribution is -2.37. The Hall–Kier alpha value is -1.62. The van der Waals surface area contributed by atoms with Crippen molar-refractivity contribution in [2.24, 2.45) is 0 Å². The van der Waals surface area contributed by atoms with Gasteiger partial charge < -0.3 is 14.4 Å². The van der Waals surface area contributed by atoms with Gasteiger partial charge in [0.1, 0.15) is 6.26 Å². The lowest BCUT2D eigenvalue weighted by atomic mass is 10.2. The summed E-state index contributed by atoms with van der Waals surface area (Å²) in [4.78, 5) is 24.4. The summed E-state index contributed by atoms with van der Waals surface area (Å²) in [6, 6.07) is 2.55. The fourth-order valence-electron chi connectivity index (χ4n) is 1.94. The summed E-state index contributed by atoms with van der Waals surface area (Å²) < 4.78 is 4.64. The highest BCUT2D eigenvalue weighted by molar-refractivity contribution is 5.94. The monoisotopic (exact) mass is 223 g/mol. The minimum atomic E-state index is -0.475. The number of nitrogens with zero attached hydrogens (tertiary/aromatic N) is 1. The number of rotatable bonds is 2. The average molecular weight is 223 g/mol. The van der Waals surface area contributed by atoms with Crippen LogP contribution < -0.4 is 5.63 Å². The van der Waals surface area contributed by atoms with E-state index < -0.39 is 5.63 Å². The number of hydrogen-bond donors (Lipinski definition) is 1. The first kappa shape index (κ1) is 10.9. The molecule has 0 unspecified atom stereocenters. The number of hydrogen-bond acceptors (Lipinski definition) is 4. The summed E-state index contributed by atoms with van der Waals surface area (Å²) >= 11 is 0. The molecule has 0 bridgehead atoms. The Kier molecular flexibility index (Phi) is 3.05. The Morgan fingerprint density at radius 3 is 3.00 bits per heavy atom. The van der Waals surface area contributed by atoms with Crippen LogP contribution in [0, 0.1) is 0 Å². The van der Waals surface area contributed by atoms with Crippen LogP contribution in [0.2, 0.25) is 0 Å². The van der Waals surface area contributed by atoms with Crippen molar-refractivity contribution in [1.82, 2.24) is 4.90 Å². The molecule has 0 saturated carbocycles. The van der Waals surface area contributed by atoms with Crippen LogP contribution in [-0.4, -0.2) is 35.1 Å². The topological polar surface area (TPSA) is 70.8 Å². The van der Waals surface area contributed by atoms with Crippen LogP contribution in [0.5, 0.6) is 0 Å². The van der Waals surface area contributed by atoms with Crippen molar-refractivity contribution in [2.45, 2.75) is 18.9 Å². The normalized spacial score (nSPS) is 20.1. The van der Waals surface area contributed by atoms with Gasteiger partial charge in [0, 0.05) is 12.6 Å². The molecule has 0 aromatic carbocycles. The fraction of sp³-hybridized carbons (Fsp3) is 0.455. The van der Waals surface area contributed by atoms with Gasteiger partial charge in [-0.05, 0) is 18.9 Å². The summed E-state index contributed by atoms with van der Waals surface area (Å²) in [6.07, 6.45) is 2.88. The third kappa shape index (κ3) is 1.99. The maximum absolute atomic E-state index is 12.0. The minimum absolute atomic E-state index is 0.0253. The fourth-order valence-corrected chi connectivity index (χ4v) is 1.94. The van der Waals surface area contributed by atoms with Gasteiger partial charge in [-0.15, -0.1) is 0 Å². The van der Waals surface area contributed by atoms with E-state index in [1.54, 1.807) is 4.90 Å². The maximum atomic E-state index is 12.0. The predicted molar refractivity (Wildman–Crippen MR) is 56.1 cm³/mol. The second-order valence-corrected chi connectivity index (χ2v) is 3.82. The molecule has 1 saturated heterocycles. The summed E-state index contributed by atoms with van der Waals surface area (Å²) in [7, 11) is 0. The molecule has 1 aliphatic rings. The van der Waals surface area contributed by atoms with E-state index in [2.05, 4.69) is 4.42 Å². The first-order valence-electron chi connectivity index (χ1n) is 5.23. The molecule has 1 N–H and O–H groups in total. The molecular weight excluding hydrogens is 210 g/mol. The van der Waals surface area contributed by atoms with Gasteiger partial charge in [-0.1, -0.05) is 0 Å². The summed E-state index contributed by atoms with van der Waals surface area (Å²) in [5.74, 6) is -0.194. The molecule has 0 aliphatic carbocycles. The minimum Gasteiger partial charge on any atom is -0.430 e. The zero-order valence-corrected chi connectivity index (χ0v) is 8.76. The van der Waals surface area contributed by atoms with Crippen molar-refractivity contribution >= 4 is 5.91 Å². The third-order valence-corrected chi connectivity index (χ3v) is 2.80. The number of likely N-dealkylation sites (tertiary alicyclic amines) is 1. The largest absolute Gasteiger partial charge is 0.430 e. The Labute approximate surface area is 92.3 Å². The van der Waals surface area contributed by atoms with Crippen LogP contribution >= 0.6 is 0 Å². The van der Waals surface area contributed by atoms with Crippen LogP contribution in [-0.2, 0) is 0 Å². The van der Waals surface area contributed by atoms with Gasteiger partial charge >= 0.3 is 5.63 Å². The average Bonchev–Trinajstić information content (AvgIpc) is 2.77. The van der Waals surface area contributed by atoms with Crippen molar-refractivity contribution in [2.75, 3.05) is 13.2 Å². The summed E-state index contributed by atoms with van der Waals surface area (Å²) in [6.45, 7) is 0.617. The molecule has 1 aromatic heterocycles. The standard InChI is InChI=1S/C11H13NO4/c13-6-9-2-1-5-12(9)11(15)8-3-4-10(14)16-7-8/h3-4,7,9,13H,1-2,5-6H2/t9-/m1/s1. The number of carbonyl (C=O) groups excluding carboxylic acids is 1. The molecule has 1 atom stereocenters. The van der Waals surface area contributed by atoms with Crippen LogP contribution in [0.3, 0.4) is 0 Å². The van der Waals surface area contributed by atoms with Gasteiger partial charge in [-0.3, -0.25) is 4.79 Å². The van der Waals surface area contributed by atoms with E-state index in [0.29, 0.717) is 12.1 Å². The molecule has 5 heteroatoms. The highest BCUT2D eigenvalue weighted by Crippen LogP contribution is 2.19. The van der Waals surface area contributed by atoms with E-state index in [-0.39, 0.29) is 18.6 Å². The highest BCUT2D eigenvalue weighted by atomic mass is 16.4. The predicted octanol–water partition coefficient (Wildman–Crippen LogP) is 0.237. The lowest BCUT2D eigenvalue weighted by Gasteiger charge is -2.22. The van der Waals surface area contributed by atoms with E-state index >= 15 is 0 Å². The van der Waals surface area contributed by atoms with E-state index in [0.717, 1.165) is 19.1 Å². The molecule has 1 amide bonds. The van der Waals surface area contributed by atoms with Crippen LogP contribution in [0.25, 0.3) is 0 Å². The quantitative estimate of drug-likeness (QED) is 0.779. The van der Waals surface area contributed by atoms with Crippen molar-refractivity contribution in [3.05, 3.63) is 34.4 Å². The molecule has 1 aliphatic heterocycles. The molecule has 0 spiro atoms. The Balaban J connectivity index is 2.18. The van der Waals surface area contributed by atoms with Crippen molar-refractivity contribution in [3.8, 4) is 0 Å². The molecule has 2 heterocycles. The second-order valence-electron chi connectivity index (χ2n) is 3.82. The summed E-state index contributed by atoms with van der Waals surface area (Å²) in [5.41, 5.74) is -0.128. The number of amides is 1. The summed E-state index contributed by atoms with van der Waals surface area (Å²) in [5, 5.41) is 9.11. The molecule has 2 rings (SSSR count). The van der Waals surface area contributed by atoms with Crippen molar-refractivity contribution in [1.29, 1.82) is 0 Å². The van der Waals surface area contributed by atoms with E-state index in [1.165, 1.54) is 12.1 Å². The Bertz CT molecular complexity index is 419. The highest BCUT2D eigenvalue weighted by Gasteiger charge is 2.28. The first-order chi connectivity index (χ1) is 7.72. The number of aliphatic hydroxyl groups excluding tert-OH is 1. The van der Waals surface area contributed by atoms with Gasteiger partial charge in [0.25, 0.3) is 5.91 Å². The molecular formula is C11H13NO4. The van der Waals surface area contributed by atoms with Crippen molar-refractivity contribution < 1.29 is 14.3 Å². The number of aliphatic hydroxyl groups is 1. The smallest absolute Gasteiger partial charge is 0.335 e. The molecule has 0 radical (unpaired) electrons. The van der Waals surface area contributed by atoms with Gasteiger partial charge in [-0.2, -0.15) is 0 Å². The Morgan fingerprint density at radius 1 is 1.56 bits per heavy atom. The van der Waals surface area contributed by atoms with Crippen molar-refractivity contribution in [3.63, 3.8) is 0 Å². The molecule has 86 valence electrons. The van der Waals surface area contributed by atoms with Gasteiger partial charge in [0.05, 0.1) is 18.2 Å². The lowest BCUT2D eigenvalue weighted by molar-refractivity contribution is 0.0675. The molecule has 1 aromatic rings. The van der Waals surface area contributed by atoms with Gasteiger partial charge in [0.2, 0.25) is 0 Å². The molecule has 5 nitrogen and oxygen atoms in total. The zero-order chi connectivity index (χ0) is 11.5. The second kappa shape index (κ2) is 4.49. The van der Waals surface area contributed by atoms with E-state index in [1.807, 2.05) is 0 Å². The molecule has 16 heavy (non-hydrogen) atoms. The Morgan fingerprint density at radius 2 is 2.38 bits per heavy atom. The maximum Gasteiger partial charge on any atom is 0.335 e. The third-order valence-electron chi connectivity index (χ3n) is 2.80. The van der Waals surface area contributed by atoms with Crippen LogP contribution in [0.4, 0.5) is 0 Å². The zero-order valence-electron chi connectivity index (χ0n) is 8.76. The van der Waals surface area contributed by atoms with Crippen LogP contribution in [0.15, 0.2) is 27.6 Å². The van der Waals surface area contributed by atoms with Crippen LogP contribution in [0.1, 0.15) is 23.2 Å². The molecule has 1 fully saturated rings. The van der Waals surface area contributed by atoms with E-state index in [9.17, 15) is 9.59 Å². The van der Waals surface area contributed by atoms with E-state index in [4.69, 9.17) is 5.11 Å². The first-order valence-corrected chi connectivity index (χ1v) is 5.23. The SMILES string of the molecule is O=C(c1ccc(=O)oc1)N1CCC[C@@H]1CO. The van der Waals surface area contributed by atoms with Gasteiger partial charge in [-0.25, -0.2) is 4.79 Å².